The highest BCUT2D eigenvalue weighted by molar-refractivity contribution is 5.76. The van der Waals surface area contributed by atoms with Crippen LogP contribution in [0.3, 0.4) is 0 Å². The molecule has 0 radical (unpaired) electrons. The number of aliphatic hydroxyl groups excluding tert-OH is 1. The topological polar surface area (TPSA) is 40.5 Å². The first-order valence-electron chi connectivity index (χ1n) is 6.85. The van der Waals surface area contributed by atoms with Crippen LogP contribution < -0.4 is 0 Å². The van der Waals surface area contributed by atoms with Crippen molar-refractivity contribution in [3.63, 3.8) is 0 Å². The maximum Gasteiger partial charge on any atom is 0.223 e. The van der Waals surface area contributed by atoms with Gasteiger partial charge in [-0.1, -0.05) is 12.1 Å². The van der Waals surface area contributed by atoms with Crippen LogP contribution in [0.2, 0.25) is 0 Å². The highest BCUT2D eigenvalue weighted by Gasteiger charge is 2.32. The number of benzene rings is 1. The van der Waals surface area contributed by atoms with Gasteiger partial charge in [0.15, 0.2) is 0 Å². The van der Waals surface area contributed by atoms with E-state index in [0.29, 0.717) is 31.8 Å². The van der Waals surface area contributed by atoms with Crippen molar-refractivity contribution in [1.29, 1.82) is 0 Å². The zero-order chi connectivity index (χ0) is 13.7. The van der Waals surface area contributed by atoms with Crippen LogP contribution in [0.25, 0.3) is 0 Å². The van der Waals surface area contributed by atoms with Gasteiger partial charge in [-0.15, -0.1) is 0 Å². The minimum Gasteiger partial charge on any atom is -0.396 e. The molecule has 19 heavy (non-hydrogen) atoms. The lowest BCUT2D eigenvalue weighted by atomic mass is 10.1. The minimum absolute atomic E-state index is 0.111. The summed E-state index contributed by atoms with van der Waals surface area (Å²) < 4.78 is 13.2. The van der Waals surface area contributed by atoms with Crippen LogP contribution in [0.5, 0.6) is 0 Å². The van der Waals surface area contributed by atoms with Crippen LogP contribution in [0.15, 0.2) is 24.3 Å². The molecule has 0 heterocycles. The highest BCUT2D eigenvalue weighted by Crippen LogP contribution is 2.29. The zero-order valence-electron chi connectivity index (χ0n) is 11.0. The van der Waals surface area contributed by atoms with Crippen LogP contribution in [0, 0.1) is 5.82 Å². The van der Waals surface area contributed by atoms with E-state index in [9.17, 15) is 9.18 Å². The molecular formula is C15H20FNO2. The summed E-state index contributed by atoms with van der Waals surface area (Å²) in [5.41, 5.74) is 0.836. The summed E-state index contributed by atoms with van der Waals surface area (Å²) >= 11 is 0. The summed E-state index contributed by atoms with van der Waals surface area (Å²) in [5, 5.41) is 8.74. The Balaban J connectivity index is 1.94. The Labute approximate surface area is 113 Å². The summed E-state index contributed by atoms with van der Waals surface area (Å²) in [4.78, 5) is 14.0. The van der Waals surface area contributed by atoms with Crippen molar-refractivity contribution >= 4 is 5.91 Å². The van der Waals surface area contributed by atoms with E-state index in [-0.39, 0.29) is 18.3 Å². The van der Waals surface area contributed by atoms with Gasteiger partial charge in [-0.3, -0.25) is 4.79 Å². The highest BCUT2D eigenvalue weighted by atomic mass is 19.1. The predicted octanol–water partition coefficient (Wildman–Crippen LogP) is 2.48. The number of rotatable bonds is 7. The maximum absolute atomic E-state index is 13.2. The van der Waals surface area contributed by atoms with Gasteiger partial charge in [0.25, 0.3) is 0 Å². The van der Waals surface area contributed by atoms with E-state index in [4.69, 9.17) is 5.11 Å². The lowest BCUT2D eigenvalue weighted by molar-refractivity contribution is -0.132. The molecule has 0 atom stereocenters. The molecule has 0 spiro atoms. The average molecular weight is 265 g/mol. The van der Waals surface area contributed by atoms with E-state index in [2.05, 4.69) is 0 Å². The molecular weight excluding hydrogens is 245 g/mol. The normalized spacial score (nSPS) is 14.4. The van der Waals surface area contributed by atoms with E-state index < -0.39 is 0 Å². The molecule has 2 rings (SSSR count). The molecule has 1 saturated carbocycles. The standard InChI is InChI=1S/C15H20FNO2/c16-13-5-3-4-12(10-13)11-17(14-7-8-14)15(19)6-1-2-9-18/h3-5,10,14,18H,1-2,6-9,11H2. The molecule has 0 aliphatic heterocycles. The Morgan fingerprint density at radius 2 is 2.16 bits per heavy atom. The van der Waals surface area contributed by atoms with Gasteiger partial charge < -0.3 is 10.0 Å². The molecule has 1 fully saturated rings. The van der Waals surface area contributed by atoms with Gasteiger partial charge in [-0.05, 0) is 43.4 Å². The number of nitrogens with zero attached hydrogens (tertiary/aromatic N) is 1. The predicted molar refractivity (Wildman–Crippen MR) is 70.9 cm³/mol. The molecule has 0 bridgehead atoms. The first-order chi connectivity index (χ1) is 9.20. The van der Waals surface area contributed by atoms with Gasteiger partial charge >= 0.3 is 0 Å². The van der Waals surface area contributed by atoms with E-state index in [0.717, 1.165) is 18.4 Å². The van der Waals surface area contributed by atoms with Crippen molar-refractivity contribution in [1.82, 2.24) is 4.90 Å². The number of hydrogen-bond donors (Lipinski definition) is 1. The number of unbranched alkanes of at least 4 members (excludes halogenated alkanes) is 1. The lowest BCUT2D eigenvalue weighted by Crippen LogP contribution is -2.32. The van der Waals surface area contributed by atoms with Crippen LogP contribution in [-0.2, 0) is 11.3 Å². The number of aliphatic hydroxyl groups is 1. The van der Waals surface area contributed by atoms with Gasteiger partial charge in [0.2, 0.25) is 5.91 Å². The molecule has 1 aromatic rings. The van der Waals surface area contributed by atoms with Crippen molar-refractivity contribution in [2.24, 2.45) is 0 Å². The van der Waals surface area contributed by atoms with Crippen LogP contribution in [0.1, 0.15) is 37.7 Å². The molecule has 104 valence electrons. The quantitative estimate of drug-likeness (QED) is 0.769. The van der Waals surface area contributed by atoms with Crippen molar-refractivity contribution < 1.29 is 14.3 Å². The Hall–Kier alpha value is -1.42. The van der Waals surface area contributed by atoms with Crippen molar-refractivity contribution in [3.05, 3.63) is 35.6 Å². The maximum atomic E-state index is 13.2. The van der Waals surface area contributed by atoms with E-state index in [1.165, 1.54) is 12.1 Å². The fourth-order valence-corrected chi connectivity index (χ4v) is 2.17. The van der Waals surface area contributed by atoms with E-state index >= 15 is 0 Å². The van der Waals surface area contributed by atoms with E-state index in [1.807, 2.05) is 11.0 Å². The number of carbonyl (C=O) groups is 1. The van der Waals surface area contributed by atoms with E-state index in [1.54, 1.807) is 6.07 Å². The SMILES string of the molecule is O=C(CCCCO)N(Cc1cccc(F)c1)C1CC1. The third-order valence-corrected chi connectivity index (χ3v) is 3.35. The summed E-state index contributed by atoms with van der Waals surface area (Å²) in [5.74, 6) is -0.152. The second-order valence-corrected chi connectivity index (χ2v) is 5.06. The van der Waals surface area contributed by atoms with Crippen LogP contribution >= 0.6 is 0 Å². The fourth-order valence-electron chi connectivity index (χ4n) is 2.17. The molecule has 1 aliphatic rings. The van der Waals surface area contributed by atoms with Gasteiger partial charge in [0.05, 0.1) is 0 Å². The first-order valence-corrected chi connectivity index (χ1v) is 6.85. The van der Waals surface area contributed by atoms with Crippen LogP contribution in [0.4, 0.5) is 4.39 Å². The molecule has 0 saturated heterocycles. The van der Waals surface area contributed by atoms with Crippen molar-refractivity contribution in [2.45, 2.75) is 44.7 Å². The molecule has 3 nitrogen and oxygen atoms in total. The third-order valence-electron chi connectivity index (χ3n) is 3.35. The summed E-state index contributed by atoms with van der Waals surface area (Å²) in [7, 11) is 0. The Morgan fingerprint density at radius 1 is 1.37 bits per heavy atom. The fraction of sp³-hybridized carbons (Fsp3) is 0.533. The Morgan fingerprint density at radius 3 is 2.79 bits per heavy atom. The zero-order valence-corrected chi connectivity index (χ0v) is 11.0. The Kier molecular flexibility index (Phi) is 4.91. The van der Waals surface area contributed by atoms with Crippen molar-refractivity contribution in [2.75, 3.05) is 6.61 Å². The number of halogens is 1. The summed E-state index contributed by atoms with van der Waals surface area (Å²) in [6, 6.07) is 6.74. The Bertz CT molecular complexity index is 432. The smallest absolute Gasteiger partial charge is 0.223 e. The van der Waals surface area contributed by atoms with Gasteiger partial charge in [0, 0.05) is 25.6 Å². The number of hydrogen-bond acceptors (Lipinski definition) is 2. The monoisotopic (exact) mass is 265 g/mol. The van der Waals surface area contributed by atoms with Gasteiger partial charge in [0.1, 0.15) is 5.82 Å². The molecule has 1 amide bonds. The van der Waals surface area contributed by atoms with Crippen LogP contribution in [-0.4, -0.2) is 28.6 Å². The lowest BCUT2D eigenvalue weighted by Gasteiger charge is -2.22. The largest absolute Gasteiger partial charge is 0.396 e. The number of carbonyl (C=O) groups excluding carboxylic acids is 1. The second-order valence-electron chi connectivity index (χ2n) is 5.06. The first kappa shape index (κ1) is 14.0. The summed E-state index contributed by atoms with van der Waals surface area (Å²) in [6.45, 7) is 0.612. The number of amides is 1. The molecule has 4 heteroatoms. The van der Waals surface area contributed by atoms with Gasteiger partial charge in [-0.2, -0.15) is 0 Å². The molecule has 1 aliphatic carbocycles. The molecule has 0 unspecified atom stereocenters. The van der Waals surface area contributed by atoms with Crippen molar-refractivity contribution in [3.8, 4) is 0 Å². The molecule has 1 N–H and O–H groups in total. The minimum atomic E-state index is -0.263. The average Bonchev–Trinajstić information content (AvgIpc) is 3.20. The summed E-state index contributed by atoms with van der Waals surface area (Å²) in [6.07, 6.45) is 3.92. The third kappa shape index (κ3) is 4.31. The second kappa shape index (κ2) is 6.66. The molecule has 0 aromatic heterocycles. The van der Waals surface area contributed by atoms with Gasteiger partial charge in [-0.25, -0.2) is 4.39 Å². The molecule has 1 aromatic carbocycles.